The number of carbonyl (C=O) groups excluding carboxylic acids is 1. The minimum atomic E-state index is -3.90. The summed E-state index contributed by atoms with van der Waals surface area (Å²) >= 11 is 0. The molecule has 0 atom stereocenters. The fraction of sp³-hybridized carbons (Fsp3) is 0.379. The van der Waals surface area contributed by atoms with Crippen LogP contribution in [0.1, 0.15) is 48.7 Å². The molecule has 0 bridgehead atoms. The van der Waals surface area contributed by atoms with Crippen LogP contribution in [-0.2, 0) is 16.6 Å². The molecular formula is C29H38N4O4S. The van der Waals surface area contributed by atoms with Gasteiger partial charge in [-0.05, 0) is 70.0 Å². The number of methoxy groups -OCH3 is 1. The van der Waals surface area contributed by atoms with Gasteiger partial charge in [-0.3, -0.25) is 19.4 Å². The molecule has 204 valence electrons. The van der Waals surface area contributed by atoms with Gasteiger partial charge >= 0.3 is 0 Å². The van der Waals surface area contributed by atoms with E-state index in [1.807, 2.05) is 17.0 Å². The van der Waals surface area contributed by atoms with Crippen LogP contribution in [0.4, 0.5) is 5.69 Å². The van der Waals surface area contributed by atoms with Crippen LogP contribution in [0.15, 0.2) is 70.2 Å². The number of hydrogen-bond acceptors (Lipinski definition) is 6. The van der Waals surface area contributed by atoms with Gasteiger partial charge in [-0.25, -0.2) is 8.42 Å². The molecule has 0 aliphatic carbocycles. The molecule has 9 heteroatoms. The highest BCUT2D eigenvalue weighted by molar-refractivity contribution is 7.96. The lowest BCUT2D eigenvalue weighted by Crippen LogP contribution is -2.35. The topological polar surface area (TPSA) is 91.3 Å². The second-order valence-electron chi connectivity index (χ2n) is 9.58. The van der Waals surface area contributed by atoms with Gasteiger partial charge in [0.05, 0.1) is 12.8 Å². The quantitative estimate of drug-likeness (QED) is 0.359. The average molecular weight is 539 g/mol. The largest absolute Gasteiger partial charge is 0.496 e. The zero-order chi connectivity index (χ0) is 27.9. The Kier molecular flexibility index (Phi) is 9.88. The molecule has 2 aromatic rings. The van der Waals surface area contributed by atoms with Crippen molar-refractivity contribution < 1.29 is 17.9 Å². The average Bonchev–Trinajstić information content (AvgIpc) is 3.12. The molecule has 1 amide bonds. The molecule has 0 spiro atoms. The molecule has 38 heavy (non-hydrogen) atoms. The van der Waals surface area contributed by atoms with Gasteiger partial charge in [-0.1, -0.05) is 24.3 Å². The van der Waals surface area contributed by atoms with Gasteiger partial charge in [0.2, 0.25) is 0 Å². The SMILES string of the molecule is C=C(C(N=CC)=C(C)C)S(=O)(=O)Nc1ccc(C(=O)N2CCCN(Cc3cc(C)ccc3OC)CC2)cc1. The van der Waals surface area contributed by atoms with Crippen molar-refractivity contribution in [2.45, 2.75) is 40.7 Å². The predicted molar refractivity (Wildman–Crippen MR) is 154 cm³/mol. The number of hydrogen-bond donors (Lipinski definition) is 1. The molecule has 1 fully saturated rings. The van der Waals surface area contributed by atoms with E-state index < -0.39 is 10.0 Å². The summed E-state index contributed by atoms with van der Waals surface area (Å²) in [7, 11) is -2.22. The molecule has 1 aliphatic heterocycles. The third-order valence-corrected chi connectivity index (χ3v) is 7.76. The number of anilines is 1. The normalized spacial score (nSPS) is 14.7. The minimum absolute atomic E-state index is 0.0667. The summed E-state index contributed by atoms with van der Waals surface area (Å²) in [6.45, 7) is 14.8. The van der Waals surface area contributed by atoms with Crippen LogP contribution in [0.3, 0.4) is 0 Å². The number of nitrogens with zero attached hydrogens (tertiary/aromatic N) is 3. The molecular weight excluding hydrogens is 500 g/mol. The van der Waals surface area contributed by atoms with Crippen molar-refractivity contribution in [1.82, 2.24) is 9.80 Å². The first-order valence-electron chi connectivity index (χ1n) is 12.7. The van der Waals surface area contributed by atoms with Crippen LogP contribution in [0.2, 0.25) is 0 Å². The van der Waals surface area contributed by atoms with E-state index in [0.717, 1.165) is 42.9 Å². The van der Waals surface area contributed by atoms with Gasteiger partial charge in [0.1, 0.15) is 10.7 Å². The van der Waals surface area contributed by atoms with Crippen molar-refractivity contribution in [1.29, 1.82) is 0 Å². The number of allylic oxidation sites excluding steroid dienone is 1. The van der Waals surface area contributed by atoms with E-state index >= 15 is 0 Å². The predicted octanol–water partition coefficient (Wildman–Crippen LogP) is 4.99. The van der Waals surface area contributed by atoms with E-state index in [1.54, 1.807) is 52.1 Å². The second kappa shape index (κ2) is 12.9. The Bertz CT molecular complexity index is 1330. The Morgan fingerprint density at radius 1 is 1.11 bits per heavy atom. The first kappa shape index (κ1) is 29.1. The highest BCUT2D eigenvalue weighted by atomic mass is 32.2. The number of carbonyl (C=O) groups is 1. The van der Waals surface area contributed by atoms with Crippen molar-refractivity contribution in [2.75, 3.05) is 38.0 Å². The summed E-state index contributed by atoms with van der Waals surface area (Å²) in [5.41, 5.74) is 4.27. The van der Waals surface area contributed by atoms with Gasteiger partial charge in [0.25, 0.3) is 15.9 Å². The maximum atomic E-state index is 13.2. The summed E-state index contributed by atoms with van der Waals surface area (Å²) in [6, 6.07) is 12.7. The monoisotopic (exact) mass is 538 g/mol. The van der Waals surface area contributed by atoms with Crippen molar-refractivity contribution in [3.8, 4) is 5.75 Å². The van der Waals surface area contributed by atoms with Crippen LogP contribution < -0.4 is 9.46 Å². The second-order valence-corrected chi connectivity index (χ2v) is 11.3. The fourth-order valence-electron chi connectivity index (χ4n) is 4.42. The zero-order valence-electron chi connectivity index (χ0n) is 23.0. The van der Waals surface area contributed by atoms with Crippen LogP contribution in [0, 0.1) is 6.92 Å². The van der Waals surface area contributed by atoms with Gasteiger partial charge in [-0.2, -0.15) is 0 Å². The van der Waals surface area contributed by atoms with Crippen LogP contribution in [0.25, 0.3) is 0 Å². The minimum Gasteiger partial charge on any atom is -0.496 e. The number of ether oxygens (including phenoxy) is 1. The molecule has 0 radical (unpaired) electrons. The Morgan fingerprint density at radius 2 is 1.82 bits per heavy atom. The molecule has 0 unspecified atom stereocenters. The first-order chi connectivity index (χ1) is 18.1. The molecule has 2 aromatic carbocycles. The summed E-state index contributed by atoms with van der Waals surface area (Å²) < 4.78 is 33.7. The van der Waals surface area contributed by atoms with Crippen LogP contribution >= 0.6 is 0 Å². The van der Waals surface area contributed by atoms with E-state index in [0.29, 0.717) is 30.0 Å². The van der Waals surface area contributed by atoms with Crippen molar-refractivity contribution in [2.24, 2.45) is 4.99 Å². The maximum absolute atomic E-state index is 13.2. The third-order valence-electron chi connectivity index (χ3n) is 6.41. The van der Waals surface area contributed by atoms with E-state index in [-0.39, 0.29) is 10.8 Å². The smallest absolute Gasteiger partial charge is 0.263 e. The van der Waals surface area contributed by atoms with E-state index in [2.05, 4.69) is 34.2 Å². The lowest BCUT2D eigenvalue weighted by Gasteiger charge is -2.23. The first-order valence-corrected chi connectivity index (χ1v) is 14.2. The molecule has 1 aliphatic rings. The van der Waals surface area contributed by atoms with Gasteiger partial charge < -0.3 is 9.64 Å². The maximum Gasteiger partial charge on any atom is 0.263 e. The number of amides is 1. The lowest BCUT2D eigenvalue weighted by atomic mass is 10.1. The fourth-order valence-corrected chi connectivity index (χ4v) is 5.50. The highest BCUT2D eigenvalue weighted by Gasteiger charge is 2.23. The molecule has 0 saturated carbocycles. The number of aryl methyl sites for hydroxylation is 1. The number of nitrogens with one attached hydrogen (secondary N) is 1. The van der Waals surface area contributed by atoms with Crippen LogP contribution in [0.5, 0.6) is 5.75 Å². The number of rotatable bonds is 9. The van der Waals surface area contributed by atoms with E-state index in [4.69, 9.17) is 4.74 Å². The van der Waals surface area contributed by atoms with Crippen molar-refractivity contribution >= 4 is 27.8 Å². The van der Waals surface area contributed by atoms with Gasteiger partial charge in [0.15, 0.2) is 0 Å². The standard InChI is InChI=1S/C29H38N4O4S/c1-7-30-28(21(2)3)23(5)38(35,36)31-26-12-10-24(11-13-26)29(34)33-16-8-15-32(17-18-33)20-25-19-22(4)9-14-27(25)37-6/h7,9-14,19,31H,5,8,15-18,20H2,1-4,6H3. The molecule has 0 aromatic heterocycles. The Labute approximate surface area is 226 Å². The molecule has 1 saturated heterocycles. The number of aliphatic imine (C=N–C) groups is 1. The van der Waals surface area contributed by atoms with Gasteiger partial charge in [-0.15, -0.1) is 0 Å². The summed E-state index contributed by atoms with van der Waals surface area (Å²) in [5, 5.41) is 0. The Morgan fingerprint density at radius 3 is 2.45 bits per heavy atom. The van der Waals surface area contributed by atoms with Crippen molar-refractivity contribution in [3.05, 3.63) is 81.9 Å². The molecule has 1 heterocycles. The lowest BCUT2D eigenvalue weighted by molar-refractivity contribution is 0.0761. The zero-order valence-corrected chi connectivity index (χ0v) is 23.8. The van der Waals surface area contributed by atoms with E-state index in [9.17, 15) is 13.2 Å². The summed E-state index contributed by atoms with van der Waals surface area (Å²) in [4.78, 5) is 21.5. The highest BCUT2D eigenvalue weighted by Crippen LogP contribution is 2.24. The number of benzene rings is 2. The van der Waals surface area contributed by atoms with Crippen molar-refractivity contribution in [3.63, 3.8) is 0 Å². The Balaban J connectivity index is 1.64. The number of sulfonamides is 1. The molecule has 1 N–H and O–H groups in total. The van der Waals surface area contributed by atoms with Gasteiger partial charge in [0, 0.05) is 55.8 Å². The third kappa shape index (κ3) is 7.33. The Hall–Kier alpha value is -3.43. The molecule has 3 rings (SSSR count). The summed E-state index contributed by atoms with van der Waals surface area (Å²) in [5.74, 6) is 0.810. The van der Waals surface area contributed by atoms with Crippen LogP contribution in [-0.4, -0.2) is 63.6 Å². The summed E-state index contributed by atoms with van der Waals surface area (Å²) in [6.07, 6.45) is 2.40. The van der Waals surface area contributed by atoms with E-state index in [1.165, 1.54) is 11.8 Å². The molecule has 8 nitrogen and oxygen atoms in total.